The molecule has 0 fully saturated rings. The normalized spacial score (nSPS) is 11.1. The van der Waals surface area contributed by atoms with Gasteiger partial charge in [-0.3, -0.25) is 0 Å². The molecule has 0 bridgehead atoms. The van der Waals surface area contributed by atoms with Gasteiger partial charge in [0, 0.05) is 10.1 Å². The molecule has 1 aromatic carbocycles. The van der Waals surface area contributed by atoms with E-state index in [1.54, 1.807) is 0 Å². The molecule has 0 saturated heterocycles. The van der Waals surface area contributed by atoms with Crippen molar-refractivity contribution in [2.75, 3.05) is 6.61 Å². The topological polar surface area (TPSA) is 52.3 Å². The maximum absolute atomic E-state index is 11.4. The van der Waals surface area contributed by atoms with Gasteiger partial charge in [0.25, 0.3) is 0 Å². The Balaban J connectivity index is 2.46. The summed E-state index contributed by atoms with van der Waals surface area (Å²) < 4.78 is 12.4. The Bertz CT molecular complexity index is 744. The summed E-state index contributed by atoms with van der Waals surface area (Å²) in [7, 11) is 0. The Hall–Kier alpha value is -1.88. The van der Waals surface area contributed by atoms with Gasteiger partial charge in [-0.1, -0.05) is 12.1 Å². The van der Waals surface area contributed by atoms with Crippen LogP contribution in [0.5, 0.6) is 5.88 Å². The molecule has 4 nitrogen and oxygen atoms in total. The second-order valence-corrected chi connectivity index (χ2v) is 4.53. The standard InChI is InChI=1S/C12H9NO3S/c1-2-15-11-10-9(16-12(14)13-11)7-5-3-4-6-8(7)17-10/h3-6H,2H2,1H3. The smallest absolute Gasteiger partial charge is 0.442 e. The fourth-order valence-corrected chi connectivity index (χ4v) is 2.82. The van der Waals surface area contributed by atoms with Crippen molar-refractivity contribution >= 4 is 31.7 Å². The fourth-order valence-electron chi connectivity index (χ4n) is 1.74. The van der Waals surface area contributed by atoms with Crippen LogP contribution in [0.2, 0.25) is 0 Å². The highest BCUT2D eigenvalue weighted by molar-refractivity contribution is 7.26. The molecule has 3 aromatic rings. The van der Waals surface area contributed by atoms with E-state index in [9.17, 15) is 4.79 Å². The zero-order chi connectivity index (χ0) is 11.8. The van der Waals surface area contributed by atoms with Crippen molar-refractivity contribution in [3.8, 4) is 5.88 Å². The monoisotopic (exact) mass is 247 g/mol. The van der Waals surface area contributed by atoms with Crippen molar-refractivity contribution in [3.05, 3.63) is 34.8 Å². The molecule has 0 aliphatic rings. The third kappa shape index (κ3) is 1.59. The van der Waals surface area contributed by atoms with Crippen LogP contribution in [0, 0.1) is 0 Å². The van der Waals surface area contributed by atoms with Crippen molar-refractivity contribution in [2.24, 2.45) is 0 Å². The van der Waals surface area contributed by atoms with E-state index in [4.69, 9.17) is 9.15 Å². The summed E-state index contributed by atoms with van der Waals surface area (Å²) in [6, 6.07) is 7.77. The third-order valence-electron chi connectivity index (χ3n) is 2.41. The van der Waals surface area contributed by atoms with Gasteiger partial charge in [-0.25, -0.2) is 4.79 Å². The Morgan fingerprint density at radius 3 is 3.06 bits per heavy atom. The molecule has 3 rings (SSSR count). The first kappa shape index (κ1) is 10.3. The molecule has 17 heavy (non-hydrogen) atoms. The molecule has 0 aliphatic heterocycles. The molecule has 0 radical (unpaired) electrons. The summed E-state index contributed by atoms with van der Waals surface area (Å²) in [5.41, 5.74) is 0.564. The summed E-state index contributed by atoms with van der Waals surface area (Å²) in [6.45, 7) is 2.33. The van der Waals surface area contributed by atoms with E-state index in [2.05, 4.69) is 4.98 Å². The van der Waals surface area contributed by atoms with Crippen molar-refractivity contribution in [2.45, 2.75) is 6.92 Å². The van der Waals surface area contributed by atoms with Gasteiger partial charge in [-0.15, -0.1) is 16.3 Å². The fraction of sp³-hybridized carbons (Fsp3) is 0.167. The first-order valence-corrected chi connectivity index (χ1v) is 6.06. The second-order valence-electron chi connectivity index (χ2n) is 3.47. The molecule has 0 aliphatic carbocycles. The Morgan fingerprint density at radius 2 is 2.24 bits per heavy atom. The van der Waals surface area contributed by atoms with E-state index < -0.39 is 5.76 Å². The van der Waals surface area contributed by atoms with Crippen LogP contribution >= 0.6 is 11.3 Å². The maximum Gasteiger partial charge on any atom is 0.442 e. The lowest BCUT2D eigenvalue weighted by atomic mass is 10.2. The number of hydrogen-bond donors (Lipinski definition) is 0. The second kappa shape index (κ2) is 3.85. The first-order chi connectivity index (χ1) is 8.29. The molecule has 2 heterocycles. The third-order valence-corrected chi connectivity index (χ3v) is 3.55. The van der Waals surface area contributed by atoms with E-state index in [1.165, 1.54) is 11.3 Å². The van der Waals surface area contributed by atoms with Crippen LogP contribution in [0.4, 0.5) is 0 Å². The number of aromatic nitrogens is 1. The Kier molecular flexibility index (Phi) is 2.33. The molecule has 0 unspecified atom stereocenters. The predicted molar refractivity (Wildman–Crippen MR) is 66.8 cm³/mol. The van der Waals surface area contributed by atoms with Gasteiger partial charge in [0.1, 0.15) is 4.70 Å². The summed E-state index contributed by atoms with van der Waals surface area (Å²) in [4.78, 5) is 15.1. The van der Waals surface area contributed by atoms with Crippen molar-refractivity contribution in [1.82, 2.24) is 4.98 Å². The van der Waals surface area contributed by atoms with Gasteiger partial charge in [-0.05, 0) is 19.1 Å². The summed E-state index contributed by atoms with van der Waals surface area (Å²) in [5.74, 6) is -0.260. The lowest BCUT2D eigenvalue weighted by Crippen LogP contribution is -2.06. The molecule has 0 atom stereocenters. The molecule has 2 aromatic heterocycles. The number of benzene rings is 1. The zero-order valence-corrected chi connectivity index (χ0v) is 9.91. The van der Waals surface area contributed by atoms with E-state index in [0.717, 1.165) is 14.8 Å². The average molecular weight is 247 g/mol. The highest BCUT2D eigenvalue weighted by Gasteiger charge is 2.14. The minimum absolute atomic E-state index is 0.361. The van der Waals surface area contributed by atoms with Gasteiger partial charge in [0.2, 0.25) is 5.88 Å². The number of thiophene rings is 1. The Labute approximate surface area is 100 Å². The van der Waals surface area contributed by atoms with E-state index >= 15 is 0 Å². The predicted octanol–water partition coefficient (Wildman–Crippen LogP) is 2.80. The van der Waals surface area contributed by atoms with Crippen LogP contribution in [0.1, 0.15) is 6.92 Å². The quantitative estimate of drug-likeness (QED) is 0.698. The molecule has 86 valence electrons. The van der Waals surface area contributed by atoms with Gasteiger partial charge < -0.3 is 9.15 Å². The van der Waals surface area contributed by atoms with E-state index in [1.807, 2.05) is 31.2 Å². The molecular formula is C12H9NO3S. The van der Waals surface area contributed by atoms with E-state index in [0.29, 0.717) is 18.1 Å². The average Bonchev–Trinajstić information content (AvgIpc) is 2.69. The van der Waals surface area contributed by atoms with Crippen LogP contribution in [0.3, 0.4) is 0 Å². The lowest BCUT2D eigenvalue weighted by Gasteiger charge is -2.00. The van der Waals surface area contributed by atoms with Gasteiger partial charge in [0.15, 0.2) is 5.58 Å². The summed E-state index contributed by atoms with van der Waals surface area (Å²) >= 11 is 1.52. The van der Waals surface area contributed by atoms with Crippen molar-refractivity contribution in [3.63, 3.8) is 0 Å². The number of nitrogens with zero attached hydrogens (tertiary/aromatic N) is 1. The van der Waals surface area contributed by atoms with Crippen LogP contribution < -0.4 is 10.5 Å². The number of ether oxygens (including phenoxy) is 1. The van der Waals surface area contributed by atoms with Crippen LogP contribution in [0.15, 0.2) is 33.5 Å². The molecule has 0 amide bonds. The van der Waals surface area contributed by atoms with Crippen LogP contribution in [0.25, 0.3) is 20.4 Å². The SMILES string of the molecule is CCOc1nc(=O)oc2c1sc1ccccc12. The van der Waals surface area contributed by atoms with Gasteiger partial charge in [-0.2, -0.15) is 0 Å². The maximum atomic E-state index is 11.4. The number of rotatable bonds is 2. The van der Waals surface area contributed by atoms with Crippen LogP contribution in [-0.2, 0) is 0 Å². The molecule has 5 heteroatoms. The van der Waals surface area contributed by atoms with Crippen LogP contribution in [-0.4, -0.2) is 11.6 Å². The lowest BCUT2D eigenvalue weighted by molar-refractivity contribution is 0.324. The summed E-state index contributed by atoms with van der Waals surface area (Å²) in [6.07, 6.45) is 0. The zero-order valence-electron chi connectivity index (χ0n) is 9.10. The largest absolute Gasteiger partial charge is 0.477 e. The number of fused-ring (bicyclic) bond motifs is 3. The Morgan fingerprint density at radius 1 is 1.41 bits per heavy atom. The van der Waals surface area contributed by atoms with Crippen molar-refractivity contribution in [1.29, 1.82) is 0 Å². The van der Waals surface area contributed by atoms with E-state index in [-0.39, 0.29) is 0 Å². The highest BCUT2D eigenvalue weighted by atomic mass is 32.1. The molecule has 0 spiro atoms. The number of hydrogen-bond acceptors (Lipinski definition) is 5. The minimum atomic E-state index is -0.621. The molecule has 0 N–H and O–H groups in total. The molecule has 0 saturated carbocycles. The van der Waals surface area contributed by atoms with Crippen molar-refractivity contribution < 1.29 is 9.15 Å². The minimum Gasteiger partial charge on any atom is -0.477 e. The van der Waals surface area contributed by atoms with Gasteiger partial charge in [0.05, 0.1) is 6.61 Å². The first-order valence-electron chi connectivity index (χ1n) is 5.25. The molecular weight excluding hydrogens is 238 g/mol. The summed E-state index contributed by atoms with van der Waals surface area (Å²) in [5, 5.41) is 0.924. The van der Waals surface area contributed by atoms with Gasteiger partial charge >= 0.3 is 5.76 Å². The highest BCUT2D eigenvalue weighted by Crippen LogP contribution is 2.36.